The number of benzene rings is 1. The topological polar surface area (TPSA) is 21.3 Å². The maximum atomic E-state index is 5.62. The van der Waals surface area contributed by atoms with Crippen molar-refractivity contribution in [2.24, 2.45) is 0 Å². The van der Waals surface area contributed by atoms with Crippen molar-refractivity contribution in [2.45, 2.75) is 33.4 Å². The fourth-order valence-electron chi connectivity index (χ4n) is 1.97. The summed E-state index contributed by atoms with van der Waals surface area (Å²) in [6.45, 7) is 6.69. The zero-order valence-corrected chi connectivity index (χ0v) is 12.4. The number of ether oxygens (including phenoxy) is 1. The zero-order valence-electron chi connectivity index (χ0n) is 11.6. The van der Waals surface area contributed by atoms with Gasteiger partial charge in [-0.05, 0) is 31.5 Å². The first-order valence-corrected chi connectivity index (χ1v) is 7.64. The molecule has 2 rings (SSSR count). The highest BCUT2D eigenvalue weighted by molar-refractivity contribution is 7.11. The number of rotatable bonds is 7. The Labute approximate surface area is 119 Å². The molecule has 0 aliphatic heterocycles. The number of hydrogen-bond acceptors (Lipinski definition) is 3. The molecule has 1 N–H and O–H groups in total. The molecule has 102 valence electrons. The molecule has 1 aromatic heterocycles. The summed E-state index contributed by atoms with van der Waals surface area (Å²) in [5.41, 5.74) is 1.22. The van der Waals surface area contributed by atoms with E-state index in [9.17, 15) is 0 Å². The van der Waals surface area contributed by atoms with E-state index in [0.29, 0.717) is 6.61 Å². The molecule has 0 unspecified atom stereocenters. The second-order valence-electron chi connectivity index (χ2n) is 4.37. The van der Waals surface area contributed by atoms with Gasteiger partial charge in [0.05, 0.1) is 6.61 Å². The molecule has 0 amide bonds. The van der Waals surface area contributed by atoms with Gasteiger partial charge in [0.25, 0.3) is 0 Å². The van der Waals surface area contributed by atoms with E-state index in [2.05, 4.69) is 36.5 Å². The number of para-hydroxylation sites is 1. The summed E-state index contributed by atoms with van der Waals surface area (Å²) in [5, 5.41) is 3.48. The molecule has 0 spiro atoms. The monoisotopic (exact) mass is 275 g/mol. The van der Waals surface area contributed by atoms with Crippen LogP contribution >= 0.6 is 11.3 Å². The maximum absolute atomic E-state index is 5.62. The van der Waals surface area contributed by atoms with Crippen LogP contribution in [0.2, 0.25) is 0 Å². The normalized spacial score (nSPS) is 10.6. The number of thiophene rings is 1. The molecule has 2 aromatic rings. The second kappa shape index (κ2) is 7.31. The highest BCUT2D eigenvalue weighted by Crippen LogP contribution is 2.19. The van der Waals surface area contributed by atoms with Gasteiger partial charge in [-0.15, -0.1) is 11.3 Å². The van der Waals surface area contributed by atoms with Gasteiger partial charge in [0.1, 0.15) is 5.75 Å². The molecule has 3 heteroatoms. The number of hydrogen-bond donors (Lipinski definition) is 1. The van der Waals surface area contributed by atoms with E-state index < -0.39 is 0 Å². The van der Waals surface area contributed by atoms with E-state index in [0.717, 1.165) is 25.3 Å². The van der Waals surface area contributed by atoms with Crippen LogP contribution in [0.1, 0.15) is 29.2 Å². The van der Waals surface area contributed by atoms with Crippen molar-refractivity contribution < 1.29 is 4.74 Å². The van der Waals surface area contributed by atoms with E-state index in [1.54, 1.807) is 0 Å². The quantitative estimate of drug-likeness (QED) is 0.824. The number of nitrogens with one attached hydrogen (secondary N) is 1. The van der Waals surface area contributed by atoms with Crippen molar-refractivity contribution in [3.05, 3.63) is 51.7 Å². The van der Waals surface area contributed by atoms with Gasteiger partial charge in [-0.1, -0.05) is 25.1 Å². The van der Waals surface area contributed by atoms with Crippen molar-refractivity contribution in [3.8, 4) is 5.75 Å². The Balaban J connectivity index is 1.88. The van der Waals surface area contributed by atoms with Gasteiger partial charge < -0.3 is 10.1 Å². The molecule has 1 heterocycles. The second-order valence-corrected chi connectivity index (χ2v) is 5.62. The van der Waals surface area contributed by atoms with Crippen LogP contribution in [0.15, 0.2) is 36.4 Å². The smallest absolute Gasteiger partial charge is 0.123 e. The number of aryl methyl sites for hydroxylation is 1. The fraction of sp³-hybridized carbons (Fsp3) is 0.375. The predicted octanol–water partition coefficient (Wildman–Crippen LogP) is 4.00. The summed E-state index contributed by atoms with van der Waals surface area (Å²) in [4.78, 5) is 2.84. The van der Waals surface area contributed by atoms with Crippen LogP contribution in [-0.4, -0.2) is 6.61 Å². The molecule has 0 saturated heterocycles. The molecule has 19 heavy (non-hydrogen) atoms. The first-order valence-electron chi connectivity index (χ1n) is 6.82. The molecule has 0 radical (unpaired) electrons. The van der Waals surface area contributed by atoms with Crippen LogP contribution in [-0.2, 0) is 19.5 Å². The van der Waals surface area contributed by atoms with Crippen LogP contribution in [0.3, 0.4) is 0 Å². The summed E-state index contributed by atoms with van der Waals surface area (Å²) >= 11 is 1.89. The van der Waals surface area contributed by atoms with E-state index in [1.165, 1.54) is 15.3 Å². The molecule has 0 saturated carbocycles. The Morgan fingerprint density at radius 2 is 1.79 bits per heavy atom. The molecule has 0 fully saturated rings. The van der Waals surface area contributed by atoms with Gasteiger partial charge >= 0.3 is 0 Å². The Kier molecular flexibility index (Phi) is 5.43. The highest BCUT2D eigenvalue weighted by atomic mass is 32.1. The SMILES string of the molecule is CCOc1ccccc1CNCc1ccc(CC)s1. The molecule has 0 bridgehead atoms. The lowest BCUT2D eigenvalue weighted by Crippen LogP contribution is -2.12. The zero-order chi connectivity index (χ0) is 13.5. The fourth-order valence-corrected chi connectivity index (χ4v) is 2.90. The van der Waals surface area contributed by atoms with Crippen LogP contribution in [0.4, 0.5) is 0 Å². The Morgan fingerprint density at radius 1 is 1.00 bits per heavy atom. The molecular formula is C16H21NOS. The Morgan fingerprint density at radius 3 is 2.53 bits per heavy atom. The maximum Gasteiger partial charge on any atom is 0.123 e. The van der Waals surface area contributed by atoms with Crippen LogP contribution in [0.25, 0.3) is 0 Å². The third-order valence-corrected chi connectivity index (χ3v) is 4.18. The minimum absolute atomic E-state index is 0.710. The summed E-state index contributed by atoms with van der Waals surface area (Å²) in [5.74, 6) is 0.984. The van der Waals surface area contributed by atoms with Gasteiger partial charge in [0, 0.05) is 28.4 Å². The lowest BCUT2D eigenvalue weighted by atomic mass is 10.2. The summed E-state index contributed by atoms with van der Waals surface area (Å²) < 4.78 is 5.62. The molecule has 0 aliphatic carbocycles. The molecule has 0 aliphatic rings. The van der Waals surface area contributed by atoms with Gasteiger partial charge in [-0.3, -0.25) is 0 Å². The van der Waals surface area contributed by atoms with Gasteiger partial charge in [0.15, 0.2) is 0 Å². The average Bonchev–Trinajstić information content (AvgIpc) is 2.89. The van der Waals surface area contributed by atoms with Crippen molar-refractivity contribution in [1.82, 2.24) is 5.32 Å². The lowest BCUT2D eigenvalue weighted by Gasteiger charge is -2.10. The lowest BCUT2D eigenvalue weighted by molar-refractivity contribution is 0.335. The van der Waals surface area contributed by atoms with Crippen molar-refractivity contribution in [3.63, 3.8) is 0 Å². The van der Waals surface area contributed by atoms with E-state index in [-0.39, 0.29) is 0 Å². The van der Waals surface area contributed by atoms with Crippen molar-refractivity contribution in [2.75, 3.05) is 6.61 Å². The highest BCUT2D eigenvalue weighted by Gasteiger charge is 2.03. The predicted molar refractivity (Wildman–Crippen MR) is 81.9 cm³/mol. The Bertz CT molecular complexity index is 507. The third-order valence-electron chi connectivity index (χ3n) is 2.95. The van der Waals surface area contributed by atoms with Crippen molar-refractivity contribution >= 4 is 11.3 Å². The van der Waals surface area contributed by atoms with Crippen LogP contribution in [0, 0.1) is 0 Å². The molecule has 0 atom stereocenters. The van der Waals surface area contributed by atoms with E-state index >= 15 is 0 Å². The first kappa shape index (κ1) is 14.1. The minimum Gasteiger partial charge on any atom is -0.494 e. The standard InChI is InChI=1S/C16H21NOS/c1-3-14-9-10-15(19-14)12-17-11-13-7-5-6-8-16(13)18-4-2/h5-10,17H,3-4,11-12H2,1-2H3. The average molecular weight is 275 g/mol. The van der Waals surface area contributed by atoms with E-state index in [1.807, 2.05) is 30.4 Å². The largest absolute Gasteiger partial charge is 0.494 e. The van der Waals surface area contributed by atoms with Crippen LogP contribution in [0.5, 0.6) is 5.75 Å². The minimum atomic E-state index is 0.710. The van der Waals surface area contributed by atoms with Gasteiger partial charge in [-0.2, -0.15) is 0 Å². The van der Waals surface area contributed by atoms with E-state index in [4.69, 9.17) is 4.74 Å². The molecule has 2 nitrogen and oxygen atoms in total. The molecule has 1 aromatic carbocycles. The first-order chi connectivity index (χ1) is 9.33. The molecular weight excluding hydrogens is 254 g/mol. The van der Waals surface area contributed by atoms with Gasteiger partial charge in [0.2, 0.25) is 0 Å². The summed E-state index contributed by atoms with van der Waals surface area (Å²) in [6, 6.07) is 12.6. The van der Waals surface area contributed by atoms with Crippen molar-refractivity contribution in [1.29, 1.82) is 0 Å². The Hall–Kier alpha value is -1.32. The third kappa shape index (κ3) is 4.08. The summed E-state index contributed by atoms with van der Waals surface area (Å²) in [6.07, 6.45) is 1.12. The van der Waals surface area contributed by atoms with Gasteiger partial charge in [-0.25, -0.2) is 0 Å². The van der Waals surface area contributed by atoms with Crippen LogP contribution < -0.4 is 10.1 Å². The summed E-state index contributed by atoms with van der Waals surface area (Å²) in [7, 11) is 0.